The molecule has 3 rings (SSSR count). The van der Waals surface area contributed by atoms with Gasteiger partial charge in [-0.3, -0.25) is 4.90 Å². The molecule has 0 saturated carbocycles. The molecule has 27 heavy (non-hydrogen) atoms. The zero-order chi connectivity index (χ0) is 19.3. The molecule has 1 aromatic carbocycles. The Morgan fingerprint density at radius 2 is 2.26 bits per heavy atom. The maximum atomic E-state index is 11.6. The van der Waals surface area contributed by atoms with E-state index in [2.05, 4.69) is 56.6 Å². The van der Waals surface area contributed by atoms with Gasteiger partial charge in [0.15, 0.2) is 0 Å². The van der Waals surface area contributed by atoms with E-state index in [1.807, 2.05) is 6.92 Å². The molecule has 2 atom stereocenters. The normalized spacial score (nSPS) is 26.1. The van der Waals surface area contributed by atoms with E-state index in [4.69, 9.17) is 9.47 Å². The minimum Gasteiger partial charge on any atom is -0.377 e. The number of carbonyl (C=O) groups excluding carboxylic acids is 1. The van der Waals surface area contributed by atoms with Crippen LogP contribution in [0.15, 0.2) is 22.7 Å². The smallest absolute Gasteiger partial charge is 0.314 e. The number of hydrogen-bond donors (Lipinski definition) is 2. The van der Waals surface area contributed by atoms with Gasteiger partial charge in [0.2, 0.25) is 0 Å². The molecule has 150 valence electrons. The molecule has 0 aliphatic carbocycles. The second kappa shape index (κ2) is 9.37. The Labute approximate surface area is 170 Å². The summed E-state index contributed by atoms with van der Waals surface area (Å²) in [5, 5.41) is 5.64. The number of amides is 2. The fourth-order valence-corrected chi connectivity index (χ4v) is 4.25. The predicted molar refractivity (Wildman–Crippen MR) is 109 cm³/mol. The molecule has 0 radical (unpaired) electrons. The third-order valence-corrected chi connectivity index (χ3v) is 5.96. The van der Waals surface area contributed by atoms with Gasteiger partial charge in [0.05, 0.1) is 19.3 Å². The van der Waals surface area contributed by atoms with Crippen molar-refractivity contribution >= 4 is 22.0 Å². The predicted octanol–water partition coefficient (Wildman–Crippen LogP) is 2.83. The highest BCUT2D eigenvalue weighted by molar-refractivity contribution is 9.10. The summed E-state index contributed by atoms with van der Waals surface area (Å²) in [6, 6.07) is 6.33. The highest BCUT2D eigenvalue weighted by Crippen LogP contribution is 2.33. The van der Waals surface area contributed by atoms with Crippen LogP contribution in [0, 0.1) is 6.92 Å². The van der Waals surface area contributed by atoms with Gasteiger partial charge in [-0.2, -0.15) is 0 Å². The summed E-state index contributed by atoms with van der Waals surface area (Å²) in [5.74, 6) is 0. The number of urea groups is 1. The van der Waals surface area contributed by atoms with Crippen molar-refractivity contribution in [3.8, 4) is 0 Å². The van der Waals surface area contributed by atoms with Gasteiger partial charge in [-0.05, 0) is 38.3 Å². The molecule has 0 bridgehead atoms. The average molecular weight is 440 g/mol. The lowest BCUT2D eigenvalue weighted by molar-refractivity contribution is -0.0847. The van der Waals surface area contributed by atoms with Crippen molar-refractivity contribution in [2.75, 3.05) is 39.4 Å². The summed E-state index contributed by atoms with van der Waals surface area (Å²) in [5.41, 5.74) is 2.28. The molecule has 2 fully saturated rings. The molecular weight excluding hydrogens is 410 g/mol. The maximum absolute atomic E-state index is 11.6. The number of hydrogen-bond acceptors (Lipinski definition) is 4. The summed E-state index contributed by atoms with van der Waals surface area (Å²) in [4.78, 5) is 14.0. The van der Waals surface area contributed by atoms with E-state index in [0.29, 0.717) is 19.7 Å². The van der Waals surface area contributed by atoms with Gasteiger partial charge in [-0.1, -0.05) is 33.6 Å². The van der Waals surface area contributed by atoms with Gasteiger partial charge < -0.3 is 20.1 Å². The second-order valence-electron chi connectivity index (χ2n) is 7.56. The van der Waals surface area contributed by atoms with Crippen LogP contribution >= 0.6 is 15.9 Å². The third kappa shape index (κ3) is 5.67. The first-order valence-electron chi connectivity index (χ1n) is 9.74. The molecule has 7 heteroatoms. The Bertz CT molecular complexity index is 657. The summed E-state index contributed by atoms with van der Waals surface area (Å²) < 4.78 is 13.4. The van der Waals surface area contributed by atoms with Crippen molar-refractivity contribution < 1.29 is 14.3 Å². The highest BCUT2D eigenvalue weighted by atomic mass is 79.9. The van der Waals surface area contributed by atoms with Gasteiger partial charge in [-0.25, -0.2) is 4.79 Å². The Hall–Kier alpha value is -1.15. The number of ether oxygens (including phenoxy) is 2. The Morgan fingerprint density at radius 1 is 1.41 bits per heavy atom. The molecule has 6 nitrogen and oxygen atoms in total. The van der Waals surface area contributed by atoms with E-state index in [-0.39, 0.29) is 17.7 Å². The first kappa shape index (κ1) is 20.6. The molecule has 1 spiro atoms. The van der Waals surface area contributed by atoms with Crippen molar-refractivity contribution in [2.24, 2.45) is 0 Å². The van der Waals surface area contributed by atoms with Gasteiger partial charge in [0, 0.05) is 37.2 Å². The molecular formula is C20H30BrN3O3. The van der Waals surface area contributed by atoms with E-state index in [9.17, 15) is 4.79 Å². The topological polar surface area (TPSA) is 62.8 Å². The molecule has 2 N–H and O–H groups in total. The Morgan fingerprint density at radius 3 is 3.07 bits per heavy atom. The fourth-order valence-electron chi connectivity index (χ4n) is 3.88. The van der Waals surface area contributed by atoms with Crippen LogP contribution < -0.4 is 10.6 Å². The van der Waals surface area contributed by atoms with Crippen LogP contribution in [0.5, 0.6) is 0 Å². The van der Waals surface area contributed by atoms with Gasteiger partial charge in [0.1, 0.15) is 5.60 Å². The molecule has 2 aliphatic rings. The van der Waals surface area contributed by atoms with Crippen LogP contribution in [0.4, 0.5) is 4.79 Å². The van der Waals surface area contributed by atoms with Crippen molar-refractivity contribution in [1.82, 2.24) is 15.5 Å². The lowest BCUT2D eigenvalue weighted by atomic mass is 9.99. The lowest BCUT2D eigenvalue weighted by Gasteiger charge is -2.32. The van der Waals surface area contributed by atoms with E-state index in [1.54, 1.807) is 0 Å². The number of nitrogens with one attached hydrogen (secondary N) is 2. The minimum atomic E-state index is -0.277. The van der Waals surface area contributed by atoms with E-state index in [1.165, 1.54) is 11.1 Å². The number of benzene rings is 1. The van der Waals surface area contributed by atoms with Crippen molar-refractivity contribution in [3.63, 3.8) is 0 Å². The monoisotopic (exact) mass is 439 g/mol. The first-order valence-corrected chi connectivity index (χ1v) is 10.5. The van der Waals surface area contributed by atoms with Gasteiger partial charge in [0.25, 0.3) is 0 Å². The number of aryl methyl sites for hydroxylation is 1. The summed E-state index contributed by atoms with van der Waals surface area (Å²) in [6.45, 7) is 9.15. The SMILES string of the molecule is CCNC(=O)NC[C@@H]1CC[C@]2(COCCN(Cc3cc(C)ccc3Br)C2)O1. The lowest BCUT2D eigenvalue weighted by Crippen LogP contribution is -2.46. The maximum Gasteiger partial charge on any atom is 0.314 e. The van der Waals surface area contributed by atoms with E-state index < -0.39 is 0 Å². The molecule has 2 aliphatic heterocycles. The molecule has 2 heterocycles. The highest BCUT2D eigenvalue weighted by Gasteiger charge is 2.43. The van der Waals surface area contributed by atoms with Crippen LogP contribution in [0.1, 0.15) is 30.9 Å². The molecule has 2 amide bonds. The van der Waals surface area contributed by atoms with Gasteiger partial charge >= 0.3 is 6.03 Å². The molecule has 0 unspecified atom stereocenters. The van der Waals surface area contributed by atoms with Crippen molar-refractivity contribution in [2.45, 2.75) is 44.9 Å². The number of rotatable bonds is 5. The molecule has 2 saturated heterocycles. The van der Waals surface area contributed by atoms with Crippen LogP contribution in [0.2, 0.25) is 0 Å². The zero-order valence-corrected chi connectivity index (χ0v) is 17.8. The Kier molecular flexibility index (Phi) is 7.14. The third-order valence-electron chi connectivity index (χ3n) is 5.19. The largest absolute Gasteiger partial charge is 0.377 e. The minimum absolute atomic E-state index is 0.0434. The van der Waals surface area contributed by atoms with Crippen molar-refractivity contribution in [3.05, 3.63) is 33.8 Å². The van der Waals surface area contributed by atoms with Crippen LogP contribution in [-0.4, -0.2) is 62.0 Å². The summed E-state index contributed by atoms with van der Waals surface area (Å²) in [7, 11) is 0. The second-order valence-corrected chi connectivity index (χ2v) is 8.41. The number of carbonyl (C=O) groups is 1. The molecule has 1 aromatic rings. The van der Waals surface area contributed by atoms with Crippen molar-refractivity contribution in [1.29, 1.82) is 0 Å². The Balaban J connectivity index is 1.59. The van der Waals surface area contributed by atoms with E-state index >= 15 is 0 Å². The quantitative estimate of drug-likeness (QED) is 0.740. The summed E-state index contributed by atoms with van der Waals surface area (Å²) in [6.07, 6.45) is 1.94. The van der Waals surface area contributed by atoms with Gasteiger partial charge in [-0.15, -0.1) is 0 Å². The average Bonchev–Trinajstić information content (AvgIpc) is 2.92. The molecule has 0 aromatic heterocycles. The first-order chi connectivity index (χ1) is 13.0. The summed E-state index contributed by atoms with van der Waals surface area (Å²) >= 11 is 3.67. The number of nitrogens with zero attached hydrogens (tertiary/aromatic N) is 1. The fraction of sp³-hybridized carbons (Fsp3) is 0.650. The van der Waals surface area contributed by atoms with Crippen LogP contribution in [-0.2, 0) is 16.0 Å². The standard InChI is InChI=1S/C20H30BrN3O3/c1-3-22-19(25)23-11-17-6-7-20(27-17)13-24(8-9-26-14-20)12-16-10-15(2)4-5-18(16)21/h4-5,10,17H,3,6-9,11-14H2,1-2H3,(H2,22,23,25)/t17-,20-/m0/s1. The van der Waals surface area contributed by atoms with Crippen LogP contribution in [0.3, 0.4) is 0 Å². The number of halogens is 1. The van der Waals surface area contributed by atoms with Crippen LogP contribution in [0.25, 0.3) is 0 Å². The zero-order valence-electron chi connectivity index (χ0n) is 16.2. The van der Waals surface area contributed by atoms with E-state index in [0.717, 1.165) is 43.6 Å².